The van der Waals surface area contributed by atoms with Crippen LogP contribution in [0.4, 0.5) is 5.69 Å². The first-order valence-corrected chi connectivity index (χ1v) is 7.39. The molecule has 8 heteroatoms. The molecule has 1 atom stereocenters. The first kappa shape index (κ1) is 17.9. The molecule has 0 bridgehead atoms. The Morgan fingerprint density at radius 2 is 1.88 bits per heavy atom. The van der Waals surface area contributed by atoms with Crippen LogP contribution in [0.5, 0.6) is 5.75 Å². The van der Waals surface area contributed by atoms with Crippen molar-refractivity contribution in [3.63, 3.8) is 0 Å². The zero-order chi connectivity index (χ0) is 18.2. The maximum Gasteiger partial charge on any atom is 0.305 e. The van der Waals surface area contributed by atoms with E-state index in [0.29, 0.717) is 11.3 Å². The van der Waals surface area contributed by atoms with Gasteiger partial charge in [0.1, 0.15) is 5.75 Å². The number of carboxylic acids is 1. The Hall–Kier alpha value is -3.42. The van der Waals surface area contributed by atoms with E-state index >= 15 is 0 Å². The zero-order valence-electron chi connectivity index (χ0n) is 13.1. The molecular formula is C17H16N2O6. The second-order valence-corrected chi connectivity index (χ2v) is 5.17. The van der Waals surface area contributed by atoms with Crippen molar-refractivity contribution in [3.05, 3.63) is 70.3 Å². The normalized spacial score (nSPS) is 11.4. The van der Waals surface area contributed by atoms with Gasteiger partial charge in [-0.3, -0.25) is 19.7 Å². The molecule has 2 aromatic rings. The minimum Gasteiger partial charge on any atom is -0.484 e. The number of hydrogen-bond acceptors (Lipinski definition) is 5. The number of non-ortho nitro benzene ring substituents is 1. The summed E-state index contributed by atoms with van der Waals surface area (Å²) in [6.07, 6.45) is -0.405. The number of hydrogen-bond donors (Lipinski definition) is 2. The standard InChI is InChI=1S/C17H16N2O6/c20-16(11-25-14-7-2-1-3-8-14)18-15(10-17(21)22)12-5-4-6-13(9-12)19(23)24/h1-9,15H,10-11H2,(H,18,20)(H,21,22)/t15-/m0/s1. The lowest BCUT2D eigenvalue weighted by Gasteiger charge is -2.17. The molecule has 130 valence electrons. The molecule has 0 saturated carbocycles. The molecule has 0 aliphatic carbocycles. The molecule has 0 unspecified atom stereocenters. The molecule has 25 heavy (non-hydrogen) atoms. The number of nitro benzene ring substituents is 1. The lowest BCUT2D eigenvalue weighted by atomic mass is 10.0. The minimum absolute atomic E-state index is 0.178. The second kappa shape index (κ2) is 8.44. The number of rotatable bonds is 8. The molecule has 0 aliphatic heterocycles. The van der Waals surface area contributed by atoms with Crippen molar-refractivity contribution in [2.45, 2.75) is 12.5 Å². The molecule has 1 amide bonds. The van der Waals surface area contributed by atoms with Gasteiger partial charge in [-0.15, -0.1) is 0 Å². The third-order valence-corrected chi connectivity index (χ3v) is 3.31. The largest absolute Gasteiger partial charge is 0.484 e. The Balaban J connectivity index is 2.06. The highest BCUT2D eigenvalue weighted by atomic mass is 16.6. The predicted octanol–water partition coefficient (Wildman–Crippen LogP) is 2.31. The molecule has 2 rings (SSSR count). The van der Waals surface area contributed by atoms with Gasteiger partial charge >= 0.3 is 5.97 Å². The molecule has 0 spiro atoms. The summed E-state index contributed by atoms with van der Waals surface area (Å²) in [6, 6.07) is 13.3. The molecule has 2 aromatic carbocycles. The SMILES string of the molecule is O=C(O)C[C@H](NC(=O)COc1ccccc1)c1cccc([N+](=O)[O-])c1. The van der Waals surface area contributed by atoms with Crippen LogP contribution in [0.2, 0.25) is 0 Å². The summed E-state index contributed by atoms with van der Waals surface area (Å²) in [5.41, 5.74) is 0.160. The van der Waals surface area contributed by atoms with Crippen molar-refractivity contribution < 1.29 is 24.4 Å². The minimum atomic E-state index is -1.14. The summed E-state index contributed by atoms with van der Waals surface area (Å²) in [4.78, 5) is 33.4. The fraction of sp³-hybridized carbons (Fsp3) is 0.176. The van der Waals surface area contributed by atoms with Crippen LogP contribution in [0.25, 0.3) is 0 Å². The quantitative estimate of drug-likeness (QED) is 0.560. The van der Waals surface area contributed by atoms with E-state index < -0.39 is 29.3 Å². The Labute approximate surface area is 143 Å². The molecule has 2 N–H and O–H groups in total. The molecule has 8 nitrogen and oxygen atoms in total. The number of benzene rings is 2. The number of nitrogens with one attached hydrogen (secondary N) is 1. The Kier molecular flexibility index (Phi) is 6.05. The molecule has 0 aliphatic rings. The van der Waals surface area contributed by atoms with Crippen molar-refractivity contribution in [1.82, 2.24) is 5.32 Å². The van der Waals surface area contributed by atoms with E-state index in [-0.39, 0.29) is 12.3 Å². The number of amides is 1. The highest BCUT2D eigenvalue weighted by molar-refractivity contribution is 5.79. The maximum absolute atomic E-state index is 12.0. The van der Waals surface area contributed by atoms with Gasteiger partial charge < -0.3 is 15.2 Å². The highest BCUT2D eigenvalue weighted by Crippen LogP contribution is 2.22. The van der Waals surface area contributed by atoms with Crippen LogP contribution in [0.15, 0.2) is 54.6 Å². The smallest absolute Gasteiger partial charge is 0.305 e. The average Bonchev–Trinajstić information content (AvgIpc) is 2.60. The van der Waals surface area contributed by atoms with Gasteiger partial charge in [0, 0.05) is 12.1 Å². The van der Waals surface area contributed by atoms with E-state index in [1.807, 2.05) is 0 Å². The number of nitrogens with zero attached hydrogens (tertiary/aromatic N) is 1. The maximum atomic E-state index is 12.0. The predicted molar refractivity (Wildman–Crippen MR) is 88.2 cm³/mol. The van der Waals surface area contributed by atoms with Crippen LogP contribution >= 0.6 is 0 Å². The van der Waals surface area contributed by atoms with Crippen LogP contribution in [0.1, 0.15) is 18.0 Å². The van der Waals surface area contributed by atoms with Crippen molar-refractivity contribution >= 4 is 17.6 Å². The van der Waals surface area contributed by atoms with Gasteiger partial charge in [-0.2, -0.15) is 0 Å². The van der Waals surface area contributed by atoms with Gasteiger partial charge in [0.25, 0.3) is 11.6 Å². The first-order valence-electron chi connectivity index (χ1n) is 7.39. The zero-order valence-corrected chi connectivity index (χ0v) is 13.1. The van der Waals surface area contributed by atoms with Crippen molar-refractivity contribution in [3.8, 4) is 5.75 Å². The third-order valence-electron chi connectivity index (χ3n) is 3.31. The van der Waals surface area contributed by atoms with Gasteiger partial charge in [0.15, 0.2) is 6.61 Å². The van der Waals surface area contributed by atoms with Gasteiger partial charge in [0.2, 0.25) is 0 Å². The van der Waals surface area contributed by atoms with E-state index in [9.17, 15) is 19.7 Å². The summed E-state index contributed by atoms with van der Waals surface area (Å²) in [5.74, 6) is -1.16. The number of carbonyl (C=O) groups is 2. The van der Waals surface area contributed by atoms with Crippen LogP contribution in [0.3, 0.4) is 0 Å². The first-order chi connectivity index (χ1) is 12.0. The monoisotopic (exact) mass is 344 g/mol. The number of ether oxygens (including phenoxy) is 1. The molecule has 0 heterocycles. The van der Waals surface area contributed by atoms with Gasteiger partial charge in [-0.05, 0) is 17.7 Å². The van der Waals surface area contributed by atoms with Crippen LogP contribution in [-0.2, 0) is 9.59 Å². The molecule has 0 fully saturated rings. The topological polar surface area (TPSA) is 119 Å². The Bertz CT molecular complexity index is 763. The fourth-order valence-corrected chi connectivity index (χ4v) is 2.18. The van der Waals surface area contributed by atoms with E-state index in [1.54, 1.807) is 30.3 Å². The van der Waals surface area contributed by atoms with Gasteiger partial charge in [0.05, 0.1) is 17.4 Å². The summed E-state index contributed by atoms with van der Waals surface area (Å²) >= 11 is 0. The molecule has 0 aromatic heterocycles. The van der Waals surface area contributed by atoms with E-state index in [1.165, 1.54) is 24.3 Å². The Morgan fingerprint density at radius 1 is 1.16 bits per heavy atom. The number of nitro groups is 1. The summed E-state index contributed by atoms with van der Waals surface area (Å²) < 4.78 is 5.30. The van der Waals surface area contributed by atoms with E-state index in [0.717, 1.165) is 0 Å². The average molecular weight is 344 g/mol. The number of para-hydroxylation sites is 1. The van der Waals surface area contributed by atoms with Crippen LogP contribution in [-0.4, -0.2) is 28.5 Å². The van der Waals surface area contributed by atoms with Crippen molar-refractivity contribution in [1.29, 1.82) is 0 Å². The second-order valence-electron chi connectivity index (χ2n) is 5.17. The van der Waals surface area contributed by atoms with Crippen molar-refractivity contribution in [2.24, 2.45) is 0 Å². The fourth-order valence-electron chi connectivity index (χ4n) is 2.18. The highest BCUT2D eigenvalue weighted by Gasteiger charge is 2.20. The lowest BCUT2D eigenvalue weighted by Crippen LogP contribution is -2.33. The lowest BCUT2D eigenvalue weighted by molar-refractivity contribution is -0.384. The van der Waals surface area contributed by atoms with Crippen molar-refractivity contribution in [2.75, 3.05) is 6.61 Å². The molecule has 0 radical (unpaired) electrons. The number of carbonyl (C=O) groups excluding carboxylic acids is 1. The van der Waals surface area contributed by atoms with E-state index in [4.69, 9.17) is 9.84 Å². The third kappa shape index (κ3) is 5.61. The number of aliphatic carboxylic acids is 1. The molecular weight excluding hydrogens is 328 g/mol. The van der Waals surface area contributed by atoms with Gasteiger partial charge in [-0.1, -0.05) is 30.3 Å². The van der Waals surface area contributed by atoms with Crippen LogP contribution in [0, 0.1) is 10.1 Å². The van der Waals surface area contributed by atoms with Gasteiger partial charge in [-0.25, -0.2) is 0 Å². The number of carboxylic acid groups (broad SMARTS) is 1. The summed E-state index contributed by atoms with van der Waals surface area (Å²) in [7, 11) is 0. The van der Waals surface area contributed by atoms with Crippen LogP contribution < -0.4 is 10.1 Å². The Morgan fingerprint density at radius 3 is 2.52 bits per heavy atom. The molecule has 0 saturated heterocycles. The summed E-state index contributed by atoms with van der Waals surface area (Å²) in [6.45, 7) is -0.297. The van der Waals surface area contributed by atoms with E-state index in [2.05, 4.69) is 5.32 Å². The summed E-state index contributed by atoms with van der Waals surface area (Å²) in [5, 5.41) is 22.4.